The fourth-order valence-corrected chi connectivity index (χ4v) is 2.43. The first-order chi connectivity index (χ1) is 8.46. The first-order valence-corrected chi connectivity index (χ1v) is 6.08. The number of nitrogens with one attached hydrogen (secondary N) is 1. The van der Waals surface area contributed by atoms with Crippen molar-refractivity contribution in [2.45, 2.75) is 32.4 Å². The van der Waals surface area contributed by atoms with Crippen molar-refractivity contribution in [1.82, 2.24) is 5.32 Å². The molecule has 2 rings (SSSR count). The van der Waals surface area contributed by atoms with Gasteiger partial charge in [0.1, 0.15) is 5.75 Å². The zero-order chi connectivity index (χ0) is 13.3. The zero-order valence-corrected chi connectivity index (χ0v) is 10.9. The van der Waals surface area contributed by atoms with Crippen LogP contribution in [-0.2, 0) is 4.74 Å². The Bertz CT molecular complexity index is 456. The van der Waals surface area contributed by atoms with Crippen LogP contribution in [0, 0.1) is 5.41 Å². The van der Waals surface area contributed by atoms with E-state index in [1.807, 2.05) is 0 Å². The molecule has 4 heteroatoms. The van der Waals surface area contributed by atoms with E-state index in [9.17, 15) is 9.90 Å². The molecule has 2 unspecified atom stereocenters. The molecule has 0 aromatic heterocycles. The summed E-state index contributed by atoms with van der Waals surface area (Å²) in [6, 6.07) is 6.64. The molecule has 0 saturated heterocycles. The van der Waals surface area contributed by atoms with E-state index >= 15 is 0 Å². The lowest BCUT2D eigenvalue weighted by Gasteiger charge is -2.51. The lowest BCUT2D eigenvalue weighted by atomic mass is 9.64. The van der Waals surface area contributed by atoms with Gasteiger partial charge in [0.2, 0.25) is 0 Å². The number of para-hydroxylation sites is 1. The van der Waals surface area contributed by atoms with Gasteiger partial charge in [0.25, 0.3) is 5.91 Å². The van der Waals surface area contributed by atoms with Gasteiger partial charge in [-0.25, -0.2) is 0 Å². The van der Waals surface area contributed by atoms with Crippen molar-refractivity contribution in [1.29, 1.82) is 0 Å². The van der Waals surface area contributed by atoms with Crippen LogP contribution in [0.3, 0.4) is 0 Å². The van der Waals surface area contributed by atoms with Gasteiger partial charge in [-0.2, -0.15) is 0 Å². The Morgan fingerprint density at radius 3 is 2.67 bits per heavy atom. The molecule has 2 N–H and O–H groups in total. The molecule has 1 aromatic rings. The van der Waals surface area contributed by atoms with Crippen LogP contribution in [0.4, 0.5) is 0 Å². The highest BCUT2D eigenvalue weighted by atomic mass is 16.5. The van der Waals surface area contributed by atoms with Gasteiger partial charge in [-0.05, 0) is 18.6 Å². The highest BCUT2D eigenvalue weighted by Gasteiger charge is 2.49. The van der Waals surface area contributed by atoms with E-state index in [-0.39, 0.29) is 29.2 Å². The van der Waals surface area contributed by atoms with Crippen LogP contribution in [0.25, 0.3) is 0 Å². The molecule has 0 aliphatic heterocycles. The average molecular weight is 249 g/mol. The van der Waals surface area contributed by atoms with Gasteiger partial charge >= 0.3 is 0 Å². The molecule has 4 nitrogen and oxygen atoms in total. The molecule has 0 heterocycles. The monoisotopic (exact) mass is 249 g/mol. The van der Waals surface area contributed by atoms with E-state index in [2.05, 4.69) is 19.2 Å². The predicted octanol–water partition coefficient (Wildman–Crippen LogP) is 1.94. The Labute approximate surface area is 107 Å². The standard InChI is InChI=1S/C14H19NO3/c1-14(2)11(8-12(14)18-3)15-13(17)9-6-4-5-7-10(9)16/h4-7,11-12,16H,8H2,1-3H3,(H,15,17). The summed E-state index contributed by atoms with van der Waals surface area (Å²) < 4.78 is 5.34. The Morgan fingerprint density at radius 1 is 1.44 bits per heavy atom. The largest absolute Gasteiger partial charge is 0.507 e. The van der Waals surface area contributed by atoms with Crippen LogP contribution in [0.2, 0.25) is 0 Å². The molecular formula is C14H19NO3. The summed E-state index contributed by atoms with van der Waals surface area (Å²) in [5.74, 6) is -0.226. The Hall–Kier alpha value is -1.55. The summed E-state index contributed by atoms with van der Waals surface area (Å²) in [4.78, 5) is 12.0. The normalized spacial score (nSPS) is 25.3. The SMILES string of the molecule is COC1CC(NC(=O)c2ccccc2O)C1(C)C. The molecular weight excluding hydrogens is 230 g/mol. The Kier molecular flexibility index (Phi) is 3.30. The topological polar surface area (TPSA) is 58.6 Å². The van der Waals surface area contributed by atoms with Crippen molar-refractivity contribution < 1.29 is 14.6 Å². The number of methoxy groups -OCH3 is 1. The fraction of sp³-hybridized carbons (Fsp3) is 0.500. The summed E-state index contributed by atoms with van der Waals surface area (Å²) in [7, 11) is 1.69. The highest BCUT2D eigenvalue weighted by Crippen LogP contribution is 2.42. The van der Waals surface area contributed by atoms with Gasteiger partial charge in [0.05, 0.1) is 11.7 Å². The van der Waals surface area contributed by atoms with E-state index in [0.717, 1.165) is 6.42 Å². The lowest BCUT2D eigenvalue weighted by Crippen LogP contribution is -2.61. The maximum absolute atomic E-state index is 12.0. The molecule has 2 atom stereocenters. The highest BCUT2D eigenvalue weighted by molar-refractivity contribution is 5.97. The van der Waals surface area contributed by atoms with Gasteiger partial charge in [-0.15, -0.1) is 0 Å². The molecule has 1 fully saturated rings. The molecule has 1 saturated carbocycles. The van der Waals surface area contributed by atoms with E-state index in [1.54, 1.807) is 25.3 Å². The van der Waals surface area contributed by atoms with E-state index in [1.165, 1.54) is 6.07 Å². The first-order valence-electron chi connectivity index (χ1n) is 6.08. The minimum absolute atomic E-state index is 0.00965. The van der Waals surface area contributed by atoms with Gasteiger partial charge in [-0.3, -0.25) is 4.79 Å². The summed E-state index contributed by atoms with van der Waals surface area (Å²) in [5, 5.41) is 12.6. The van der Waals surface area contributed by atoms with E-state index < -0.39 is 0 Å². The van der Waals surface area contributed by atoms with Crippen LogP contribution >= 0.6 is 0 Å². The van der Waals surface area contributed by atoms with Gasteiger partial charge in [-0.1, -0.05) is 26.0 Å². The summed E-state index contributed by atoms with van der Waals surface area (Å²) >= 11 is 0. The van der Waals surface area contributed by atoms with E-state index in [0.29, 0.717) is 5.56 Å². The summed E-state index contributed by atoms with van der Waals surface area (Å²) in [6.07, 6.45) is 0.982. The molecule has 1 aromatic carbocycles. The van der Waals surface area contributed by atoms with Crippen molar-refractivity contribution in [3.05, 3.63) is 29.8 Å². The van der Waals surface area contributed by atoms with Crippen LogP contribution in [0.1, 0.15) is 30.6 Å². The fourth-order valence-electron chi connectivity index (χ4n) is 2.43. The molecule has 1 aliphatic carbocycles. The molecule has 1 amide bonds. The zero-order valence-electron chi connectivity index (χ0n) is 10.9. The van der Waals surface area contributed by atoms with Gasteiger partial charge in [0, 0.05) is 18.6 Å². The number of phenolic OH excluding ortho intramolecular Hbond substituents is 1. The quantitative estimate of drug-likeness (QED) is 0.860. The van der Waals surface area contributed by atoms with Crippen molar-refractivity contribution in [3.8, 4) is 5.75 Å². The Morgan fingerprint density at radius 2 is 2.11 bits per heavy atom. The maximum atomic E-state index is 12.0. The third kappa shape index (κ3) is 2.08. The molecule has 1 aliphatic rings. The predicted molar refractivity (Wildman–Crippen MR) is 68.6 cm³/mol. The number of aromatic hydroxyl groups is 1. The first kappa shape index (κ1) is 12.9. The van der Waals surface area contributed by atoms with E-state index in [4.69, 9.17) is 4.74 Å². The summed E-state index contributed by atoms with van der Waals surface area (Å²) in [5.41, 5.74) is 0.239. The Balaban J connectivity index is 2.04. The number of benzene rings is 1. The molecule has 0 radical (unpaired) electrons. The third-order valence-corrected chi connectivity index (χ3v) is 3.92. The molecule has 18 heavy (non-hydrogen) atoms. The average Bonchev–Trinajstić information content (AvgIpc) is 2.34. The number of hydrogen-bond donors (Lipinski definition) is 2. The minimum atomic E-state index is -0.235. The second-order valence-electron chi connectivity index (χ2n) is 5.32. The van der Waals surface area contributed by atoms with Gasteiger partial charge < -0.3 is 15.2 Å². The van der Waals surface area contributed by atoms with Crippen LogP contribution in [0.5, 0.6) is 5.75 Å². The van der Waals surface area contributed by atoms with Crippen LogP contribution < -0.4 is 5.32 Å². The lowest BCUT2D eigenvalue weighted by molar-refractivity contribution is -0.0942. The number of phenols is 1. The van der Waals surface area contributed by atoms with Crippen LogP contribution in [-0.4, -0.2) is 30.3 Å². The number of amides is 1. The van der Waals surface area contributed by atoms with Crippen molar-refractivity contribution in [3.63, 3.8) is 0 Å². The maximum Gasteiger partial charge on any atom is 0.255 e. The molecule has 98 valence electrons. The van der Waals surface area contributed by atoms with Crippen molar-refractivity contribution in [2.24, 2.45) is 5.41 Å². The number of carbonyl (C=O) groups excluding carboxylic acids is 1. The van der Waals surface area contributed by atoms with Crippen LogP contribution in [0.15, 0.2) is 24.3 Å². The summed E-state index contributed by atoms with van der Waals surface area (Å²) in [6.45, 7) is 4.14. The second kappa shape index (κ2) is 4.61. The molecule has 0 bridgehead atoms. The number of ether oxygens (including phenoxy) is 1. The number of carbonyl (C=O) groups is 1. The number of hydrogen-bond acceptors (Lipinski definition) is 3. The molecule has 0 spiro atoms. The minimum Gasteiger partial charge on any atom is -0.507 e. The second-order valence-corrected chi connectivity index (χ2v) is 5.32. The smallest absolute Gasteiger partial charge is 0.255 e. The third-order valence-electron chi connectivity index (χ3n) is 3.92. The van der Waals surface area contributed by atoms with Gasteiger partial charge in [0.15, 0.2) is 0 Å². The van der Waals surface area contributed by atoms with Crippen molar-refractivity contribution in [2.75, 3.05) is 7.11 Å². The van der Waals surface area contributed by atoms with Crippen molar-refractivity contribution >= 4 is 5.91 Å². The number of rotatable bonds is 3.